The van der Waals surface area contributed by atoms with Crippen LogP contribution in [0, 0.1) is 0 Å². The van der Waals surface area contributed by atoms with E-state index in [1.807, 2.05) is 20.8 Å². The topological polar surface area (TPSA) is 123 Å². The van der Waals surface area contributed by atoms with Gasteiger partial charge in [-0.2, -0.15) is 0 Å². The molecule has 0 atom stereocenters. The van der Waals surface area contributed by atoms with E-state index in [1.165, 1.54) is 26.4 Å². The molecule has 0 unspecified atom stereocenters. The lowest BCUT2D eigenvalue weighted by atomic mass is 10.1. The average molecular weight is 598 g/mol. The zero-order chi connectivity index (χ0) is 27.2. The standard InChI is InChI=1S/C25H33BrN4O6S/c1-6-13-36-18-10-9-16(37(32,33)27-11-12-30(7-2)8-3)14-17(18)24-28-23-21(25(31)29-24)19(34-4)15-20(35-5)22(23)26/h9-10,14-15,27H,6-8,11-13H2,1-5H3,(H,28,29,31). The van der Waals surface area contributed by atoms with Crippen LogP contribution in [0.1, 0.15) is 27.2 Å². The summed E-state index contributed by atoms with van der Waals surface area (Å²) in [7, 11) is -0.874. The quantitative estimate of drug-likeness (QED) is 0.305. The third-order valence-corrected chi connectivity index (χ3v) is 8.11. The second-order valence-electron chi connectivity index (χ2n) is 8.16. The van der Waals surface area contributed by atoms with E-state index in [4.69, 9.17) is 14.2 Å². The van der Waals surface area contributed by atoms with Gasteiger partial charge in [0.1, 0.15) is 28.5 Å². The first-order chi connectivity index (χ1) is 17.7. The summed E-state index contributed by atoms with van der Waals surface area (Å²) < 4.78 is 46.0. The number of halogens is 1. The first-order valence-corrected chi connectivity index (χ1v) is 14.3. The van der Waals surface area contributed by atoms with Gasteiger partial charge >= 0.3 is 0 Å². The lowest BCUT2D eigenvalue weighted by Gasteiger charge is -2.18. The van der Waals surface area contributed by atoms with Crippen LogP contribution in [0.2, 0.25) is 0 Å². The first kappa shape index (κ1) is 28.9. The Labute approximate surface area is 225 Å². The molecule has 0 radical (unpaired) electrons. The van der Waals surface area contributed by atoms with E-state index >= 15 is 0 Å². The first-order valence-electron chi connectivity index (χ1n) is 12.0. The Balaban J connectivity index is 2.14. The number of H-pyrrole nitrogens is 1. The molecule has 0 saturated carbocycles. The molecule has 2 N–H and O–H groups in total. The van der Waals surface area contributed by atoms with E-state index in [1.54, 1.807) is 12.1 Å². The molecule has 37 heavy (non-hydrogen) atoms. The highest BCUT2D eigenvalue weighted by molar-refractivity contribution is 9.10. The molecular weight excluding hydrogens is 564 g/mol. The van der Waals surface area contributed by atoms with E-state index in [9.17, 15) is 13.2 Å². The van der Waals surface area contributed by atoms with E-state index in [0.717, 1.165) is 19.5 Å². The molecule has 0 fully saturated rings. The molecule has 10 nitrogen and oxygen atoms in total. The molecule has 202 valence electrons. The van der Waals surface area contributed by atoms with Crippen molar-refractivity contribution in [3.8, 4) is 28.6 Å². The van der Waals surface area contributed by atoms with Crippen molar-refractivity contribution in [1.82, 2.24) is 19.6 Å². The Hall–Kier alpha value is -2.67. The predicted octanol–water partition coefficient (Wildman–Crippen LogP) is 3.78. The largest absolute Gasteiger partial charge is 0.496 e. The van der Waals surface area contributed by atoms with Gasteiger partial charge in [-0.3, -0.25) is 4.79 Å². The van der Waals surface area contributed by atoms with Crippen molar-refractivity contribution in [3.63, 3.8) is 0 Å². The summed E-state index contributed by atoms with van der Waals surface area (Å²) in [5, 5.41) is 0.233. The number of methoxy groups -OCH3 is 2. The zero-order valence-corrected chi connectivity index (χ0v) is 24.1. The van der Waals surface area contributed by atoms with Crippen LogP contribution < -0.4 is 24.5 Å². The van der Waals surface area contributed by atoms with E-state index in [-0.39, 0.29) is 22.7 Å². The van der Waals surface area contributed by atoms with Crippen LogP contribution in [0.4, 0.5) is 0 Å². The maximum absolute atomic E-state index is 13.2. The van der Waals surface area contributed by atoms with Crippen molar-refractivity contribution in [2.24, 2.45) is 0 Å². The van der Waals surface area contributed by atoms with Crippen molar-refractivity contribution in [2.45, 2.75) is 32.1 Å². The molecule has 0 bridgehead atoms. The maximum atomic E-state index is 13.2. The van der Waals surface area contributed by atoms with Crippen LogP contribution in [-0.4, -0.2) is 70.3 Å². The number of benzene rings is 2. The van der Waals surface area contributed by atoms with Crippen LogP contribution in [0.3, 0.4) is 0 Å². The van der Waals surface area contributed by atoms with Crippen molar-refractivity contribution >= 4 is 36.9 Å². The van der Waals surface area contributed by atoms with Gasteiger partial charge in [-0.25, -0.2) is 18.1 Å². The molecule has 0 aliphatic heterocycles. The van der Waals surface area contributed by atoms with Gasteiger partial charge in [-0.15, -0.1) is 0 Å². The Morgan fingerprint density at radius 1 is 1.05 bits per heavy atom. The number of hydrogen-bond acceptors (Lipinski definition) is 8. The molecule has 1 aromatic heterocycles. The lowest BCUT2D eigenvalue weighted by Crippen LogP contribution is -2.34. The zero-order valence-electron chi connectivity index (χ0n) is 21.7. The number of rotatable bonds is 13. The summed E-state index contributed by atoms with van der Waals surface area (Å²) in [4.78, 5) is 22.7. The lowest BCUT2D eigenvalue weighted by molar-refractivity contribution is 0.309. The predicted molar refractivity (Wildman–Crippen MR) is 147 cm³/mol. The fraction of sp³-hybridized carbons (Fsp3) is 0.440. The number of likely N-dealkylation sites (N-methyl/N-ethyl adjacent to an activating group) is 1. The third kappa shape index (κ3) is 6.43. The summed E-state index contributed by atoms with van der Waals surface area (Å²) >= 11 is 3.47. The number of hydrogen-bond donors (Lipinski definition) is 2. The highest BCUT2D eigenvalue weighted by Gasteiger charge is 2.22. The Morgan fingerprint density at radius 3 is 2.38 bits per heavy atom. The number of sulfonamides is 1. The minimum absolute atomic E-state index is 0.0379. The Morgan fingerprint density at radius 2 is 1.76 bits per heavy atom. The third-order valence-electron chi connectivity index (χ3n) is 5.88. The molecule has 3 aromatic rings. The van der Waals surface area contributed by atoms with Gasteiger partial charge in [0, 0.05) is 19.2 Å². The second-order valence-corrected chi connectivity index (χ2v) is 10.7. The highest BCUT2D eigenvalue weighted by atomic mass is 79.9. The monoisotopic (exact) mass is 596 g/mol. The molecule has 1 heterocycles. The van der Waals surface area contributed by atoms with Gasteiger partial charge in [-0.05, 0) is 53.6 Å². The Bertz CT molecular complexity index is 1410. The molecule has 2 aromatic carbocycles. The number of aromatic amines is 1. The number of nitrogens with one attached hydrogen (secondary N) is 2. The molecule has 0 aliphatic rings. The van der Waals surface area contributed by atoms with Crippen LogP contribution in [-0.2, 0) is 10.0 Å². The number of aromatic nitrogens is 2. The van der Waals surface area contributed by atoms with Crippen LogP contribution in [0.5, 0.6) is 17.2 Å². The highest BCUT2D eigenvalue weighted by Crippen LogP contribution is 2.38. The minimum Gasteiger partial charge on any atom is -0.496 e. The molecule has 3 rings (SSSR count). The smallest absolute Gasteiger partial charge is 0.262 e. The van der Waals surface area contributed by atoms with Crippen LogP contribution in [0.25, 0.3) is 22.3 Å². The molecule has 0 spiro atoms. The second kappa shape index (κ2) is 12.7. The SMILES string of the molecule is CCCOc1ccc(S(=O)(=O)NCCN(CC)CC)cc1-c1nc2c(Br)c(OC)cc(OC)c2c(=O)[nH]1. The van der Waals surface area contributed by atoms with E-state index in [0.29, 0.717) is 46.0 Å². The van der Waals surface area contributed by atoms with Crippen molar-refractivity contribution in [2.75, 3.05) is 47.0 Å². The van der Waals surface area contributed by atoms with E-state index < -0.39 is 15.6 Å². The number of nitrogens with zero attached hydrogens (tertiary/aromatic N) is 2. The molecule has 12 heteroatoms. The molecule has 0 saturated heterocycles. The van der Waals surface area contributed by atoms with Gasteiger partial charge in [0.25, 0.3) is 5.56 Å². The number of fused-ring (bicyclic) bond motifs is 1. The molecule has 0 aliphatic carbocycles. The van der Waals surface area contributed by atoms with Gasteiger partial charge in [0.05, 0.1) is 41.3 Å². The van der Waals surface area contributed by atoms with Crippen molar-refractivity contribution in [1.29, 1.82) is 0 Å². The van der Waals surface area contributed by atoms with Gasteiger partial charge in [0.15, 0.2) is 0 Å². The summed E-state index contributed by atoms with van der Waals surface area (Å²) in [5.41, 5.74) is 0.196. The van der Waals surface area contributed by atoms with Gasteiger partial charge in [-0.1, -0.05) is 20.8 Å². The molecule has 0 amide bonds. The molecular formula is C25H33BrN4O6S. The summed E-state index contributed by atoms with van der Waals surface area (Å²) in [6, 6.07) is 6.11. The van der Waals surface area contributed by atoms with Crippen molar-refractivity contribution < 1.29 is 22.6 Å². The maximum Gasteiger partial charge on any atom is 0.262 e. The normalized spacial score (nSPS) is 11.8. The average Bonchev–Trinajstić information content (AvgIpc) is 2.90. The summed E-state index contributed by atoms with van der Waals surface area (Å²) in [5.74, 6) is 1.29. The van der Waals surface area contributed by atoms with Crippen LogP contribution >= 0.6 is 15.9 Å². The van der Waals surface area contributed by atoms with Crippen LogP contribution in [0.15, 0.2) is 38.4 Å². The van der Waals surface area contributed by atoms with Crippen molar-refractivity contribution in [3.05, 3.63) is 39.1 Å². The Kier molecular flexibility index (Phi) is 9.93. The fourth-order valence-electron chi connectivity index (χ4n) is 3.83. The summed E-state index contributed by atoms with van der Waals surface area (Å²) in [6.45, 7) is 8.95. The van der Waals surface area contributed by atoms with Gasteiger partial charge in [0.2, 0.25) is 10.0 Å². The number of ether oxygens (including phenoxy) is 3. The fourth-order valence-corrected chi connectivity index (χ4v) is 5.44. The van der Waals surface area contributed by atoms with E-state index in [2.05, 4.69) is 35.5 Å². The van der Waals surface area contributed by atoms with Gasteiger partial charge < -0.3 is 24.1 Å². The summed E-state index contributed by atoms with van der Waals surface area (Å²) in [6.07, 6.45) is 0.744. The minimum atomic E-state index is -3.82.